The Bertz CT molecular complexity index is 787. The molecule has 2 aliphatic heterocycles. The highest BCUT2D eigenvalue weighted by molar-refractivity contribution is 5.88. The number of alkyl carbamates (subject to hydrolysis) is 1. The van der Waals surface area contributed by atoms with Crippen molar-refractivity contribution in [1.29, 1.82) is 0 Å². The SMILES string of the molecule is O=C1NC[C@@]2(CCCN(C(=O)Nc3ccnn3Cc3ccco3)CC2)O1. The number of rotatable bonds is 3. The van der Waals surface area contributed by atoms with Gasteiger partial charge in [-0.05, 0) is 25.0 Å². The molecular formula is C17H21N5O4. The molecule has 2 aliphatic rings. The molecule has 2 saturated heterocycles. The number of nitrogens with zero attached hydrogens (tertiary/aromatic N) is 3. The van der Waals surface area contributed by atoms with Crippen molar-refractivity contribution in [2.75, 3.05) is 25.0 Å². The maximum absolute atomic E-state index is 12.7. The van der Waals surface area contributed by atoms with Gasteiger partial charge in [0.25, 0.3) is 0 Å². The third kappa shape index (κ3) is 3.37. The van der Waals surface area contributed by atoms with E-state index < -0.39 is 5.60 Å². The van der Waals surface area contributed by atoms with Gasteiger partial charge in [-0.1, -0.05) is 0 Å². The van der Waals surface area contributed by atoms with Crippen LogP contribution in [0.5, 0.6) is 0 Å². The number of nitrogens with one attached hydrogen (secondary N) is 2. The second-order valence-electron chi connectivity index (χ2n) is 6.65. The lowest BCUT2D eigenvalue weighted by Crippen LogP contribution is -2.38. The summed E-state index contributed by atoms with van der Waals surface area (Å²) in [5.74, 6) is 1.37. The summed E-state index contributed by atoms with van der Waals surface area (Å²) in [6.45, 7) is 2.11. The van der Waals surface area contributed by atoms with Crippen molar-refractivity contribution in [3.63, 3.8) is 0 Å². The number of amides is 3. The fraction of sp³-hybridized carbons (Fsp3) is 0.471. The Balaban J connectivity index is 1.38. The van der Waals surface area contributed by atoms with Gasteiger partial charge in [0.15, 0.2) is 0 Å². The average molecular weight is 359 g/mol. The normalized spacial score (nSPS) is 22.8. The number of hydrogen-bond donors (Lipinski definition) is 2. The summed E-state index contributed by atoms with van der Waals surface area (Å²) in [7, 11) is 0. The molecule has 0 unspecified atom stereocenters. The molecule has 2 N–H and O–H groups in total. The molecule has 2 fully saturated rings. The molecule has 4 rings (SSSR count). The van der Waals surface area contributed by atoms with Gasteiger partial charge in [0.05, 0.1) is 19.0 Å². The largest absolute Gasteiger partial charge is 0.467 e. The highest BCUT2D eigenvalue weighted by Gasteiger charge is 2.41. The van der Waals surface area contributed by atoms with Crippen molar-refractivity contribution < 1.29 is 18.7 Å². The van der Waals surface area contributed by atoms with Crippen LogP contribution in [0.25, 0.3) is 0 Å². The van der Waals surface area contributed by atoms with Crippen molar-refractivity contribution in [3.05, 3.63) is 36.4 Å². The van der Waals surface area contributed by atoms with E-state index >= 15 is 0 Å². The van der Waals surface area contributed by atoms with E-state index in [0.29, 0.717) is 38.4 Å². The maximum atomic E-state index is 12.7. The summed E-state index contributed by atoms with van der Waals surface area (Å²) < 4.78 is 12.5. The Morgan fingerprint density at radius 2 is 2.27 bits per heavy atom. The van der Waals surface area contributed by atoms with Gasteiger partial charge in [0.2, 0.25) is 0 Å². The van der Waals surface area contributed by atoms with E-state index in [1.807, 2.05) is 12.1 Å². The molecule has 4 heterocycles. The standard InChI is InChI=1S/C17H21N5O4/c23-15(20-14-4-7-19-22(14)11-13-3-1-10-25-13)21-8-2-5-17(6-9-21)12-18-16(24)26-17/h1,3-4,7,10H,2,5-6,8-9,11-12H2,(H,18,24)(H,20,23)/t17-/m0/s1. The van der Waals surface area contributed by atoms with E-state index in [0.717, 1.165) is 18.6 Å². The van der Waals surface area contributed by atoms with E-state index in [1.54, 1.807) is 28.1 Å². The molecule has 2 aromatic heterocycles. The quantitative estimate of drug-likeness (QED) is 0.873. The number of hydrogen-bond acceptors (Lipinski definition) is 5. The van der Waals surface area contributed by atoms with Crippen LogP contribution < -0.4 is 10.6 Å². The van der Waals surface area contributed by atoms with Crippen LogP contribution in [0.1, 0.15) is 25.0 Å². The van der Waals surface area contributed by atoms with Crippen molar-refractivity contribution in [1.82, 2.24) is 20.0 Å². The lowest BCUT2D eigenvalue weighted by atomic mass is 9.95. The Labute approximate surface area is 150 Å². The molecule has 0 saturated carbocycles. The Morgan fingerprint density at radius 3 is 3.04 bits per heavy atom. The summed E-state index contributed by atoms with van der Waals surface area (Å²) in [6, 6.07) is 5.25. The van der Waals surface area contributed by atoms with E-state index in [9.17, 15) is 9.59 Å². The summed E-state index contributed by atoms with van der Waals surface area (Å²) in [5, 5.41) is 9.86. The van der Waals surface area contributed by atoms with Crippen LogP contribution in [0.3, 0.4) is 0 Å². The highest BCUT2D eigenvalue weighted by Crippen LogP contribution is 2.29. The van der Waals surface area contributed by atoms with Crippen LogP contribution in [0.4, 0.5) is 15.4 Å². The molecule has 26 heavy (non-hydrogen) atoms. The van der Waals surface area contributed by atoms with Crippen molar-refractivity contribution in [2.24, 2.45) is 0 Å². The number of carbonyl (C=O) groups excluding carboxylic acids is 2. The van der Waals surface area contributed by atoms with E-state index in [4.69, 9.17) is 9.15 Å². The minimum Gasteiger partial charge on any atom is -0.467 e. The summed E-state index contributed by atoms with van der Waals surface area (Å²) in [6.07, 6.45) is 5.05. The van der Waals surface area contributed by atoms with Gasteiger partial charge >= 0.3 is 12.1 Å². The van der Waals surface area contributed by atoms with E-state index in [2.05, 4.69) is 15.7 Å². The van der Waals surface area contributed by atoms with Gasteiger partial charge in [-0.3, -0.25) is 5.32 Å². The van der Waals surface area contributed by atoms with Gasteiger partial charge in [-0.2, -0.15) is 5.10 Å². The van der Waals surface area contributed by atoms with Gasteiger partial charge in [-0.15, -0.1) is 0 Å². The Morgan fingerprint density at radius 1 is 1.35 bits per heavy atom. The zero-order valence-electron chi connectivity index (χ0n) is 14.3. The van der Waals surface area contributed by atoms with Crippen molar-refractivity contribution in [3.8, 4) is 0 Å². The first-order valence-corrected chi connectivity index (χ1v) is 8.71. The first-order valence-electron chi connectivity index (χ1n) is 8.71. The first kappa shape index (κ1) is 16.5. The summed E-state index contributed by atoms with van der Waals surface area (Å²) in [5.41, 5.74) is -0.479. The number of urea groups is 1. The van der Waals surface area contributed by atoms with Crippen LogP contribution in [0.15, 0.2) is 35.1 Å². The second kappa shape index (κ2) is 6.74. The van der Waals surface area contributed by atoms with Crippen LogP contribution in [0, 0.1) is 0 Å². The molecule has 0 radical (unpaired) electrons. The number of likely N-dealkylation sites (tertiary alicyclic amines) is 1. The van der Waals surface area contributed by atoms with Gasteiger partial charge in [-0.25, -0.2) is 14.3 Å². The van der Waals surface area contributed by atoms with E-state index in [1.165, 1.54) is 0 Å². The molecule has 0 aromatic carbocycles. The van der Waals surface area contributed by atoms with Crippen molar-refractivity contribution >= 4 is 17.9 Å². The van der Waals surface area contributed by atoms with Crippen LogP contribution >= 0.6 is 0 Å². The predicted octanol–water partition coefficient (Wildman–Crippen LogP) is 2.02. The van der Waals surface area contributed by atoms with Gasteiger partial charge in [0.1, 0.15) is 23.7 Å². The average Bonchev–Trinajstić information content (AvgIpc) is 3.32. The zero-order chi connectivity index (χ0) is 18.0. The fourth-order valence-electron chi connectivity index (χ4n) is 3.46. The topological polar surface area (TPSA) is 102 Å². The molecule has 1 atom stereocenters. The Hall–Kier alpha value is -2.97. The third-order valence-corrected chi connectivity index (χ3v) is 4.89. The molecule has 2 aromatic rings. The molecule has 9 heteroatoms. The number of aromatic nitrogens is 2. The minimum atomic E-state index is -0.479. The number of carbonyl (C=O) groups is 2. The number of ether oxygens (including phenoxy) is 1. The van der Waals surface area contributed by atoms with Gasteiger partial charge < -0.3 is 19.4 Å². The summed E-state index contributed by atoms with van der Waals surface area (Å²) in [4.78, 5) is 25.8. The van der Waals surface area contributed by atoms with Crippen LogP contribution in [-0.2, 0) is 11.3 Å². The minimum absolute atomic E-state index is 0.180. The molecule has 9 nitrogen and oxygen atoms in total. The molecule has 1 spiro atoms. The highest BCUT2D eigenvalue weighted by atomic mass is 16.6. The lowest BCUT2D eigenvalue weighted by Gasteiger charge is -2.25. The Kier molecular flexibility index (Phi) is 4.27. The molecule has 0 bridgehead atoms. The van der Waals surface area contributed by atoms with Gasteiger partial charge in [0, 0.05) is 25.6 Å². The monoisotopic (exact) mass is 359 g/mol. The van der Waals surface area contributed by atoms with E-state index in [-0.39, 0.29) is 12.1 Å². The zero-order valence-corrected chi connectivity index (χ0v) is 14.3. The lowest BCUT2D eigenvalue weighted by molar-refractivity contribution is 0.0454. The molecular weight excluding hydrogens is 338 g/mol. The number of anilines is 1. The fourth-order valence-corrected chi connectivity index (χ4v) is 3.46. The predicted molar refractivity (Wildman–Crippen MR) is 91.7 cm³/mol. The van der Waals surface area contributed by atoms with Crippen LogP contribution in [0.2, 0.25) is 0 Å². The third-order valence-electron chi connectivity index (χ3n) is 4.89. The second-order valence-corrected chi connectivity index (χ2v) is 6.65. The maximum Gasteiger partial charge on any atom is 0.407 e. The first-order chi connectivity index (χ1) is 12.6. The molecule has 138 valence electrons. The molecule has 3 amide bonds. The smallest absolute Gasteiger partial charge is 0.407 e. The van der Waals surface area contributed by atoms with Crippen LogP contribution in [-0.4, -0.2) is 52.0 Å². The summed E-state index contributed by atoms with van der Waals surface area (Å²) >= 11 is 0. The van der Waals surface area contributed by atoms with Crippen molar-refractivity contribution in [2.45, 2.75) is 31.4 Å². The number of furan rings is 1. The molecule has 0 aliphatic carbocycles.